The number of carboxylic acids is 1. The maximum absolute atomic E-state index is 12.0. The molecule has 7 nitrogen and oxygen atoms in total. The van der Waals surface area contributed by atoms with Gasteiger partial charge in [-0.05, 0) is 36.6 Å². The largest absolute Gasteiger partial charge is 0.482 e. The van der Waals surface area contributed by atoms with Crippen LogP contribution in [0.2, 0.25) is 0 Å². The fourth-order valence-electron chi connectivity index (χ4n) is 2.23. The Labute approximate surface area is 139 Å². The summed E-state index contributed by atoms with van der Waals surface area (Å²) in [7, 11) is 0. The maximum Gasteiger partial charge on any atom is 0.341 e. The Balaban J connectivity index is 1.94. The van der Waals surface area contributed by atoms with Crippen molar-refractivity contribution in [3.8, 4) is 11.8 Å². The molecule has 0 aliphatic carbocycles. The first kappa shape index (κ1) is 17.5. The van der Waals surface area contributed by atoms with Gasteiger partial charge in [-0.1, -0.05) is 12.1 Å². The molecule has 1 saturated heterocycles. The second-order valence-electron chi connectivity index (χ2n) is 5.27. The van der Waals surface area contributed by atoms with Gasteiger partial charge in [0.2, 0.25) is 0 Å². The second-order valence-corrected chi connectivity index (χ2v) is 5.27. The lowest BCUT2D eigenvalue weighted by atomic mass is 10.1. The highest BCUT2D eigenvalue weighted by molar-refractivity contribution is 6.01. The van der Waals surface area contributed by atoms with Crippen LogP contribution in [0.25, 0.3) is 6.08 Å². The number of nitrogens with zero attached hydrogens (tertiary/aromatic N) is 1. The summed E-state index contributed by atoms with van der Waals surface area (Å²) in [5.74, 6) is -1.11. The highest BCUT2D eigenvalue weighted by Crippen LogP contribution is 2.15. The van der Waals surface area contributed by atoms with Crippen LogP contribution in [0.4, 0.5) is 0 Å². The molecule has 2 rings (SSSR count). The van der Waals surface area contributed by atoms with Crippen molar-refractivity contribution in [3.63, 3.8) is 0 Å². The van der Waals surface area contributed by atoms with E-state index in [1.54, 1.807) is 24.3 Å². The van der Waals surface area contributed by atoms with E-state index in [0.29, 0.717) is 24.5 Å². The van der Waals surface area contributed by atoms with Crippen LogP contribution in [0.1, 0.15) is 18.4 Å². The lowest BCUT2D eigenvalue weighted by Gasteiger charge is -2.10. The van der Waals surface area contributed by atoms with Crippen molar-refractivity contribution in [3.05, 3.63) is 35.4 Å². The molecule has 0 unspecified atom stereocenters. The Morgan fingerprint density at radius 3 is 2.75 bits per heavy atom. The van der Waals surface area contributed by atoms with Gasteiger partial charge in [-0.15, -0.1) is 0 Å². The van der Waals surface area contributed by atoms with Crippen LogP contribution in [0.3, 0.4) is 0 Å². The van der Waals surface area contributed by atoms with Crippen LogP contribution < -0.4 is 10.1 Å². The molecule has 1 fully saturated rings. The van der Waals surface area contributed by atoms with E-state index in [9.17, 15) is 9.59 Å². The van der Waals surface area contributed by atoms with Gasteiger partial charge in [-0.25, -0.2) is 4.79 Å². The third-order valence-corrected chi connectivity index (χ3v) is 3.43. The minimum atomic E-state index is -1.06. The summed E-state index contributed by atoms with van der Waals surface area (Å²) in [6.07, 6.45) is 3.37. The smallest absolute Gasteiger partial charge is 0.341 e. The highest BCUT2D eigenvalue weighted by Gasteiger charge is 2.17. The predicted molar refractivity (Wildman–Crippen MR) is 85.1 cm³/mol. The molecule has 0 spiro atoms. The van der Waals surface area contributed by atoms with Crippen molar-refractivity contribution in [1.82, 2.24) is 5.32 Å². The number of carbonyl (C=O) groups is 2. The fraction of sp³-hybridized carbons (Fsp3) is 0.353. The minimum Gasteiger partial charge on any atom is -0.482 e. The van der Waals surface area contributed by atoms with Crippen molar-refractivity contribution in [2.45, 2.75) is 18.9 Å². The van der Waals surface area contributed by atoms with E-state index in [2.05, 4.69) is 5.32 Å². The molecule has 1 heterocycles. The van der Waals surface area contributed by atoms with Crippen LogP contribution in [-0.2, 0) is 14.3 Å². The quantitative estimate of drug-likeness (QED) is 0.577. The number of hydrogen-bond donors (Lipinski definition) is 2. The monoisotopic (exact) mass is 330 g/mol. The average Bonchev–Trinajstić information content (AvgIpc) is 3.10. The van der Waals surface area contributed by atoms with E-state index < -0.39 is 18.5 Å². The fourth-order valence-corrected chi connectivity index (χ4v) is 2.23. The Morgan fingerprint density at radius 1 is 1.42 bits per heavy atom. The maximum atomic E-state index is 12.0. The standard InChI is InChI=1S/C17H18N2O5/c18-9-13(17(22)19-10-15-2-1-7-23-15)8-12-3-5-14(6-4-12)24-11-16(20)21/h3-6,8,15H,1-2,7,10-11H2,(H,19,22)(H,20,21)/b13-8+/t15-/m1/s1. The Kier molecular flexibility index (Phi) is 6.34. The summed E-state index contributed by atoms with van der Waals surface area (Å²) in [5, 5.41) is 20.4. The molecule has 0 radical (unpaired) electrons. The Bertz CT molecular complexity index is 655. The molecule has 7 heteroatoms. The molecular formula is C17H18N2O5. The SMILES string of the molecule is N#C/C(=C\c1ccc(OCC(=O)O)cc1)C(=O)NC[C@H]1CCCO1. The van der Waals surface area contributed by atoms with Gasteiger partial charge in [0.25, 0.3) is 5.91 Å². The van der Waals surface area contributed by atoms with E-state index >= 15 is 0 Å². The van der Waals surface area contributed by atoms with Crippen LogP contribution in [0, 0.1) is 11.3 Å². The number of rotatable bonds is 7. The first-order valence-electron chi connectivity index (χ1n) is 7.54. The molecule has 0 bridgehead atoms. The van der Waals surface area contributed by atoms with Crippen LogP contribution in [0.15, 0.2) is 29.8 Å². The minimum absolute atomic E-state index is 0.00722. The predicted octanol–water partition coefficient (Wildman–Crippen LogP) is 1.35. The molecule has 1 amide bonds. The van der Waals surface area contributed by atoms with E-state index in [1.165, 1.54) is 6.08 Å². The lowest BCUT2D eigenvalue weighted by molar-refractivity contribution is -0.139. The van der Waals surface area contributed by atoms with Crippen molar-refractivity contribution < 1.29 is 24.2 Å². The van der Waals surface area contributed by atoms with Gasteiger partial charge in [-0.2, -0.15) is 5.26 Å². The van der Waals surface area contributed by atoms with Crippen molar-refractivity contribution in [2.24, 2.45) is 0 Å². The van der Waals surface area contributed by atoms with Crippen molar-refractivity contribution in [1.29, 1.82) is 5.26 Å². The number of hydrogen-bond acceptors (Lipinski definition) is 5. The molecule has 126 valence electrons. The molecule has 1 atom stereocenters. The topological polar surface area (TPSA) is 109 Å². The number of ether oxygens (including phenoxy) is 2. The summed E-state index contributed by atoms with van der Waals surface area (Å²) < 4.78 is 10.4. The van der Waals surface area contributed by atoms with E-state index in [1.807, 2.05) is 6.07 Å². The lowest BCUT2D eigenvalue weighted by Crippen LogP contribution is -2.32. The average molecular weight is 330 g/mol. The van der Waals surface area contributed by atoms with Gasteiger partial charge >= 0.3 is 5.97 Å². The van der Waals surface area contributed by atoms with Gasteiger partial charge in [0, 0.05) is 13.2 Å². The molecule has 1 aromatic carbocycles. The molecule has 0 aromatic heterocycles. The van der Waals surface area contributed by atoms with Gasteiger partial charge in [0.05, 0.1) is 6.10 Å². The third kappa shape index (κ3) is 5.41. The number of carboxylic acid groups (broad SMARTS) is 1. The Morgan fingerprint density at radius 2 is 2.17 bits per heavy atom. The van der Waals surface area contributed by atoms with Crippen molar-refractivity contribution >= 4 is 18.0 Å². The van der Waals surface area contributed by atoms with Crippen LogP contribution in [0.5, 0.6) is 5.75 Å². The van der Waals surface area contributed by atoms with E-state index in [4.69, 9.17) is 19.8 Å². The molecule has 1 aliphatic rings. The first-order valence-corrected chi connectivity index (χ1v) is 7.54. The molecule has 1 aliphatic heterocycles. The Hall–Kier alpha value is -2.85. The molecule has 2 N–H and O–H groups in total. The summed E-state index contributed by atoms with van der Waals surface area (Å²) in [5.41, 5.74) is 0.633. The summed E-state index contributed by atoms with van der Waals surface area (Å²) in [6, 6.07) is 8.32. The van der Waals surface area contributed by atoms with Gasteiger partial charge < -0.3 is 19.9 Å². The third-order valence-electron chi connectivity index (χ3n) is 3.43. The van der Waals surface area contributed by atoms with Gasteiger partial charge in [0.1, 0.15) is 17.4 Å². The zero-order valence-electron chi connectivity index (χ0n) is 13.0. The molecule has 1 aromatic rings. The molecule has 0 saturated carbocycles. The number of carbonyl (C=O) groups excluding carboxylic acids is 1. The highest BCUT2D eigenvalue weighted by atomic mass is 16.5. The second kappa shape index (κ2) is 8.70. The first-order chi connectivity index (χ1) is 11.6. The number of nitrogens with one attached hydrogen (secondary N) is 1. The van der Waals surface area contributed by atoms with Crippen LogP contribution >= 0.6 is 0 Å². The summed E-state index contributed by atoms with van der Waals surface area (Å²) >= 11 is 0. The van der Waals surface area contributed by atoms with E-state index in [0.717, 1.165) is 12.8 Å². The molecule has 24 heavy (non-hydrogen) atoms. The van der Waals surface area contributed by atoms with Crippen molar-refractivity contribution in [2.75, 3.05) is 19.8 Å². The number of nitriles is 1. The number of aliphatic carboxylic acids is 1. The van der Waals surface area contributed by atoms with Crippen LogP contribution in [-0.4, -0.2) is 42.8 Å². The normalized spacial score (nSPS) is 17.1. The van der Waals surface area contributed by atoms with E-state index in [-0.39, 0.29) is 11.7 Å². The zero-order chi connectivity index (χ0) is 17.4. The molecular weight excluding hydrogens is 312 g/mol. The summed E-state index contributed by atoms with van der Waals surface area (Å²) in [6.45, 7) is 0.669. The van der Waals surface area contributed by atoms with Gasteiger partial charge in [-0.3, -0.25) is 4.79 Å². The van der Waals surface area contributed by atoms with Gasteiger partial charge in [0.15, 0.2) is 6.61 Å². The summed E-state index contributed by atoms with van der Waals surface area (Å²) in [4.78, 5) is 22.5. The number of amides is 1. The number of benzene rings is 1. The zero-order valence-corrected chi connectivity index (χ0v) is 13.0.